The normalized spacial score (nSPS) is 22.1. The highest BCUT2D eigenvalue weighted by molar-refractivity contribution is 5.85. The topological polar surface area (TPSA) is 44.3 Å². The maximum absolute atomic E-state index is 8.44. The highest BCUT2D eigenvalue weighted by atomic mass is 35.5. The lowest BCUT2D eigenvalue weighted by Gasteiger charge is -2.07. The Morgan fingerprint density at radius 3 is 2.64 bits per heavy atom. The molecule has 0 radical (unpaired) electrons. The van der Waals surface area contributed by atoms with Gasteiger partial charge in [0.2, 0.25) is 0 Å². The van der Waals surface area contributed by atoms with Gasteiger partial charge in [0.05, 0.1) is 6.61 Å². The van der Waals surface area contributed by atoms with E-state index in [1.54, 1.807) is 0 Å². The van der Waals surface area contributed by atoms with Crippen molar-refractivity contribution in [1.29, 1.82) is 0 Å². The van der Waals surface area contributed by atoms with Crippen molar-refractivity contribution in [2.75, 3.05) is 26.2 Å². The summed E-state index contributed by atoms with van der Waals surface area (Å²) in [5.74, 6) is 0. The quantitative estimate of drug-likeness (QED) is 0.593. The SMILES string of the molecule is Cl.Cl.OCCNC1CCNC1. The third-order valence-corrected chi connectivity index (χ3v) is 1.61. The van der Waals surface area contributed by atoms with Gasteiger partial charge in [0, 0.05) is 19.1 Å². The summed E-state index contributed by atoms with van der Waals surface area (Å²) in [6.45, 7) is 3.14. The molecule has 0 amide bonds. The summed E-state index contributed by atoms with van der Waals surface area (Å²) < 4.78 is 0. The lowest BCUT2D eigenvalue weighted by atomic mass is 10.3. The molecular formula is C6H16Cl2N2O. The Bertz CT molecular complexity index is 79.0. The second-order valence-electron chi connectivity index (χ2n) is 2.37. The van der Waals surface area contributed by atoms with Crippen LogP contribution in [0.15, 0.2) is 0 Å². The highest BCUT2D eigenvalue weighted by Gasteiger charge is 2.11. The van der Waals surface area contributed by atoms with E-state index in [1.807, 2.05) is 0 Å². The van der Waals surface area contributed by atoms with Gasteiger partial charge in [0.15, 0.2) is 0 Å². The fourth-order valence-corrected chi connectivity index (χ4v) is 1.10. The van der Waals surface area contributed by atoms with E-state index in [1.165, 1.54) is 6.42 Å². The summed E-state index contributed by atoms with van der Waals surface area (Å²) in [5, 5.41) is 14.9. The van der Waals surface area contributed by atoms with Crippen LogP contribution in [-0.2, 0) is 0 Å². The van der Waals surface area contributed by atoms with Gasteiger partial charge in [-0.1, -0.05) is 0 Å². The molecule has 0 aliphatic carbocycles. The van der Waals surface area contributed by atoms with Crippen LogP contribution in [0, 0.1) is 0 Å². The van der Waals surface area contributed by atoms with Crippen molar-refractivity contribution in [3.63, 3.8) is 0 Å². The molecule has 1 unspecified atom stereocenters. The summed E-state index contributed by atoms with van der Waals surface area (Å²) in [7, 11) is 0. The predicted molar refractivity (Wildman–Crippen MR) is 50.9 cm³/mol. The van der Waals surface area contributed by atoms with Crippen LogP contribution in [-0.4, -0.2) is 37.4 Å². The van der Waals surface area contributed by atoms with Crippen LogP contribution >= 0.6 is 24.8 Å². The van der Waals surface area contributed by atoms with Crippen molar-refractivity contribution in [2.45, 2.75) is 12.5 Å². The van der Waals surface area contributed by atoms with Gasteiger partial charge in [0.1, 0.15) is 0 Å². The molecule has 0 aromatic rings. The summed E-state index contributed by atoms with van der Waals surface area (Å²) >= 11 is 0. The lowest BCUT2D eigenvalue weighted by Crippen LogP contribution is -2.32. The third-order valence-electron chi connectivity index (χ3n) is 1.61. The zero-order valence-corrected chi connectivity index (χ0v) is 8.01. The molecule has 1 saturated heterocycles. The van der Waals surface area contributed by atoms with Crippen molar-refractivity contribution in [3.05, 3.63) is 0 Å². The van der Waals surface area contributed by atoms with Gasteiger partial charge in [-0.3, -0.25) is 0 Å². The van der Waals surface area contributed by atoms with E-state index in [4.69, 9.17) is 5.11 Å². The summed E-state index contributed by atoms with van der Waals surface area (Å²) in [4.78, 5) is 0. The molecule has 70 valence electrons. The smallest absolute Gasteiger partial charge is 0.0556 e. The Balaban J connectivity index is 0. The molecular weight excluding hydrogens is 187 g/mol. The van der Waals surface area contributed by atoms with Gasteiger partial charge in [-0.05, 0) is 13.0 Å². The molecule has 0 saturated carbocycles. The van der Waals surface area contributed by atoms with Crippen molar-refractivity contribution in [1.82, 2.24) is 10.6 Å². The molecule has 3 nitrogen and oxygen atoms in total. The fraction of sp³-hybridized carbons (Fsp3) is 1.00. The van der Waals surface area contributed by atoms with Gasteiger partial charge in [-0.25, -0.2) is 0 Å². The number of halogens is 2. The molecule has 1 atom stereocenters. The van der Waals surface area contributed by atoms with Crippen LogP contribution in [0.25, 0.3) is 0 Å². The summed E-state index contributed by atoms with van der Waals surface area (Å²) in [5.41, 5.74) is 0. The van der Waals surface area contributed by atoms with Crippen LogP contribution in [0.3, 0.4) is 0 Å². The predicted octanol–water partition coefficient (Wildman–Crippen LogP) is -0.226. The zero-order valence-electron chi connectivity index (χ0n) is 6.38. The molecule has 0 bridgehead atoms. The Morgan fingerprint density at radius 2 is 2.18 bits per heavy atom. The Morgan fingerprint density at radius 1 is 1.45 bits per heavy atom. The molecule has 1 rings (SSSR count). The summed E-state index contributed by atoms with van der Waals surface area (Å²) in [6, 6.07) is 0.595. The number of hydrogen-bond acceptors (Lipinski definition) is 3. The van der Waals surface area contributed by atoms with Crippen molar-refractivity contribution < 1.29 is 5.11 Å². The van der Waals surface area contributed by atoms with Gasteiger partial charge in [0.25, 0.3) is 0 Å². The maximum Gasteiger partial charge on any atom is 0.0556 e. The van der Waals surface area contributed by atoms with Crippen LogP contribution < -0.4 is 10.6 Å². The van der Waals surface area contributed by atoms with E-state index in [0.29, 0.717) is 6.04 Å². The van der Waals surface area contributed by atoms with Crippen molar-refractivity contribution >= 4 is 24.8 Å². The minimum atomic E-state index is 0. The lowest BCUT2D eigenvalue weighted by molar-refractivity contribution is 0.285. The molecule has 1 aliphatic heterocycles. The van der Waals surface area contributed by atoms with Crippen LogP contribution in [0.4, 0.5) is 0 Å². The Hall–Kier alpha value is 0.460. The second kappa shape index (κ2) is 8.56. The van der Waals surface area contributed by atoms with Crippen molar-refractivity contribution in [3.8, 4) is 0 Å². The van der Waals surface area contributed by atoms with Crippen LogP contribution in [0.2, 0.25) is 0 Å². The first-order chi connectivity index (χ1) is 4.43. The minimum Gasteiger partial charge on any atom is -0.395 e. The Kier molecular flexibility index (Phi) is 10.9. The average molecular weight is 203 g/mol. The number of hydrogen-bond donors (Lipinski definition) is 3. The van der Waals surface area contributed by atoms with Crippen LogP contribution in [0.5, 0.6) is 0 Å². The summed E-state index contributed by atoms with van der Waals surface area (Å²) in [6.07, 6.45) is 1.19. The standard InChI is InChI=1S/C6H14N2O.2ClH/c9-4-3-8-6-1-2-7-5-6;;/h6-9H,1-5H2;2*1H. The fourth-order valence-electron chi connectivity index (χ4n) is 1.10. The second-order valence-corrected chi connectivity index (χ2v) is 2.37. The maximum atomic E-state index is 8.44. The van der Waals surface area contributed by atoms with E-state index in [-0.39, 0.29) is 31.4 Å². The number of aliphatic hydroxyl groups excluding tert-OH is 1. The number of nitrogens with one attached hydrogen (secondary N) is 2. The van der Waals surface area contributed by atoms with Gasteiger partial charge in [-0.2, -0.15) is 0 Å². The average Bonchev–Trinajstić information content (AvgIpc) is 2.34. The number of aliphatic hydroxyl groups is 1. The number of rotatable bonds is 3. The molecule has 3 N–H and O–H groups in total. The monoisotopic (exact) mass is 202 g/mol. The first-order valence-electron chi connectivity index (χ1n) is 3.48. The molecule has 1 fully saturated rings. The van der Waals surface area contributed by atoms with Gasteiger partial charge < -0.3 is 15.7 Å². The molecule has 0 spiro atoms. The highest BCUT2D eigenvalue weighted by Crippen LogP contribution is 1.94. The van der Waals surface area contributed by atoms with E-state index >= 15 is 0 Å². The Labute approximate surface area is 79.8 Å². The van der Waals surface area contributed by atoms with Crippen LogP contribution in [0.1, 0.15) is 6.42 Å². The molecule has 5 heteroatoms. The molecule has 0 aromatic heterocycles. The minimum absolute atomic E-state index is 0. The first-order valence-corrected chi connectivity index (χ1v) is 3.48. The van der Waals surface area contributed by atoms with Gasteiger partial charge >= 0.3 is 0 Å². The van der Waals surface area contributed by atoms with E-state index in [2.05, 4.69) is 10.6 Å². The van der Waals surface area contributed by atoms with E-state index in [0.717, 1.165) is 19.6 Å². The van der Waals surface area contributed by atoms with Gasteiger partial charge in [-0.15, -0.1) is 24.8 Å². The third kappa shape index (κ3) is 5.70. The first kappa shape index (κ1) is 14.0. The van der Waals surface area contributed by atoms with Crippen molar-refractivity contribution in [2.24, 2.45) is 0 Å². The molecule has 1 heterocycles. The van der Waals surface area contributed by atoms with E-state index < -0.39 is 0 Å². The molecule has 0 aromatic carbocycles. The molecule has 11 heavy (non-hydrogen) atoms. The molecule has 1 aliphatic rings. The van der Waals surface area contributed by atoms with E-state index in [9.17, 15) is 0 Å². The zero-order chi connectivity index (χ0) is 6.53. The largest absolute Gasteiger partial charge is 0.395 e.